The highest BCUT2D eigenvalue weighted by molar-refractivity contribution is 6.32. The van der Waals surface area contributed by atoms with E-state index in [1.54, 1.807) is 23.2 Å². The molecule has 4 heterocycles. The van der Waals surface area contributed by atoms with E-state index < -0.39 is 36.4 Å². The molecule has 6 bridgehead atoms. The number of aromatic nitrogens is 3. The Morgan fingerprint density at radius 3 is 1.83 bits per heavy atom. The van der Waals surface area contributed by atoms with Gasteiger partial charge in [-0.05, 0) is 60.4 Å². The molecule has 26 heteroatoms. The van der Waals surface area contributed by atoms with Crippen LogP contribution in [0.4, 0.5) is 83.2 Å². The van der Waals surface area contributed by atoms with Gasteiger partial charge in [0.05, 0.1) is 23.8 Å². The average Bonchev–Trinajstić information content (AvgIpc) is 3.16. The number of aryl methyl sites for hydroxylation is 2. The lowest BCUT2D eigenvalue weighted by atomic mass is 10.0. The molecule has 0 saturated carbocycles. The highest BCUT2D eigenvalue weighted by Gasteiger charge is 2.39. The number of para-hydroxylation sites is 1. The molecule has 1 fully saturated rings. The van der Waals surface area contributed by atoms with Crippen LogP contribution in [0.25, 0.3) is 0 Å². The zero-order valence-electron chi connectivity index (χ0n) is 30.0. The van der Waals surface area contributed by atoms with Crippen LogP contribution in [-0.2, 0) is 27.2 Å². The van der Waals surface area contributed by atoms with Gasteiger partial charge in [0, 0.05) is 43.8 Å². The third-order valence-electron chi connectivity index (χ3n) is 7.58. The minimum Gasteiger partial charge on any atom is -0.475 e. The zero-order chi connectivity index (χ0) is 45.0. The first kappa shape index (κ1) is 47.7. The van der Waals surface area contributed by atoms with Crippen molar-refractivity contribution in [1.82, 2.24) is 19.9 Å². The van der Waals surface area contributed by atoms with E-state index in [0.717, 1.165) is 34.6 Å². The summed E-state index contributed by atoms with van der Waals surface area (Å²) in [4.78, 5) is 56.8. The number of alkyl halides is 9. The van der Waals surface area contributed by atoms with E-state index in [9.17, 15) is 48.7 Å². The smallest absolute Gasteiger partial charge is 0.475 e. The Bertz CT molecular complexity index is 2100. The Hall–Kier alpha value is -6.66. The molecule has 0 aliphatic carbocycles. The van der Waals surface area contributed by atoms with Gasteiger partial charge in [0.1, 0.15) is 10.8 Å². The molecule has 60 heavy (non-hydrogen) atoms. The van der Waals surface area contributed by atoms with Crippen molar-refractivity contribution in [1.29, 1.82) is 0 Å². The van der Waals surface area contributed by atoms with Crippen LogP contribution in [0.2, 0.25) is 5.02 Å². The molecule has 1 saturated heterocycles. The Morgan fingerprint density at radius 1 is 0.717 bits per heavy atom. The number of carbonyl (C=O) groups is 4. The standard InChI is InChI=1S/C28H26ClFN8O.3C2HF3O2/c29-22-17-32-27-34-21-13-18(15-31-16-21)5-6-19-14-20(33-26(22)36-27)7-8-24(19)35-28(39)38-11-9-37(10-12-38)25-4-2-1-3-23(25)30;3*3-2(4,5)1(6)7/h1-4,7-8,13-17H,5-6,9-12H2,(H,35,39)(H2,32,33,34,36);3*(H,6,7). The molecular weight excluding hydrogens is 858 g/mol. The Labute approximate surface area is 335 Å². The molecule has 2 aliphatic heterocycles. The van der Waals surface area contributed by atoms with Crippen molar-refractivity contribution >= 4 is 70.1 Å². The predicted octanol–water partition coefficient (Wildman–Crippen LogP) is 7.50. The summed E-state index contributed by atoms with van der Waals surface area (Å²) in [6.07, 6.45) is -8.78. The zero-order valence-corrected chi connectivity index (χ0v) is 30.7. The van der Waals surface area contributed by atoms with Gasteiger partial charge in [-0.25, -0.2) is 28.6 Å². The maximum atomic E-state index is 14.2. The molecule has 0 spiro atoms. The summed E-state index contributed by atoms with van der Waals surface area (Å²) in [5.41, 5.74) is 4.85. The van der Waals surface area contributed by atoms with Crippen molar-refractivity contribution in [3.8, 4) is 0 Å². The van der Waals surface area contributed by atoms with E-state index >= 15 is 0 Å². The number of nitrogens with zero attached hydrogens (tertiary/aromatic N) is 5. The van der Waals surface area contributed by atoms with Gasteiger partial charge < -0.3 is 41.1 Å². The number of rotatable bonds is 2. The SMILES string of the molecule is O=C(Nc1ccc2cc1CCc1cncc(c1)Nc1ncc(Cl)c(n1)N2)N1CCN(c2ccccc2F)CC1.O=C(O)C(F)(F)F.O=C(O)C(F)(F)F.O=C(O)C(F)(F)F. The first-order valence-corrected chi connectivity index (χ1v) is 16.8. The molecule has 6 rings (SSSR count). The number of nitrogens with one attached hydrogen (secondary N) is 3. The van der Waals surface area contributed by atoms with Crippen LogP contribution in [0.1, 0.15) is 11.1 Å². The van der Waals surface area contributed by atoms with Gasteiger partial charge in [-0.1, -0.05) is 23.7 Å². The Morgan fingerprint density at radius 2 is 1.28 bits per heavy atom. The molecule has 15 nitrogen and oxygen atoms in total. The highest BCUT2D eigenvalue weighted by Crippen LogP contribution is 2.30. The normalized spacial score (nSPS) is 13.5. The molecule has 0 atom stereocenters. The fourth-order valence-corrected chi connectivity index (χ4v) is 4.94. The second-order valence-electron chi connectivity index (χ2n) is 11.9. The predicted molar refractivity (Wildman–Crippen MR) is 192 cm³/mol. The van der Waals surface area contributed by atoms with E-state index in [1.165, 1.54) is 12.3 Å². The van der Waals surface area contributed by atoms with Gasteiger partial charge in [0.25, 0.3) is 0 Å². The minimum atomic E-state index is -5.08. The van der Waals surface area contributed by atoms with E-state index in [0.29, 0.717) is 55.1 Å². The summed E-state index contributed by atoms with van der Waals surface area (Å²) >= 11 is 6.36. The second kappa shape index (κ2) is 20.3. The summed E-state index contributed by atoms with van der Waals surface area (Å²) in [6, 6.07) is 14.3. The van der Waals surface area contributed by atoms with Crippen molar-refractivity contribution in [2.45, 2.75) is 31.4 Å². The summed E-state index contributed by atoms with van der Waals surface area (Å²) in [5.74, 6) is -7.65. The van der Waals surface area contributed by atoms with Gasteiger partial charge in [-0.3, -0.25) is 4.98 Å². The van der Waals surface area contributed by atoms with Crippen molar-refractivity contribution in [3.05, 3.63) is 89.1 Å². The second-order valence-corrected chi connectivity index (χ2v) is 12.3. The first-order valence-electron chi connectivity index (χ1n) is 16.4. The van der Waals surface area contributed by atoms with Crippen molar-refractivity contribution in [3.63, 3.8) is 0 Å². The number of piperazine rings is 1. The molecule has 0 unspecified atom stereocenters. The van der Waals surface area contributed by atoms with Crippen LogP contribution in [0.5, 0.6) is 0 Å². The maximum Gasteiger partial charge on any atom is 0.490 e. The monoisotopic (exact) mass is 886 g/mol. The van der Waals surface area contributed by atoms with E-state index in [4.69, 9.17) is 41.3 Å². The van der Waals surface area contributed by atoms with Crippen LogP contribution in [0.3, 0.4) is 0 Å². The molecular formula is C34H29ClF10N8O7. The fraction of sp³-hybridized carbons (Fsp3) is 0.265. The van der Waals surface area contributed by atoms with Crippen LogP contribution < -0.4 is 20.9 Å². The van der Waals surface area contributed by atoms with Gasteiger partial charge in [0.2, 0.25) is 5.95 Å². The number of carboxylic acid groups (broad SMARTS) is 3. The number of aliphatic carboxylic acids is 3. The van der Waals surface area contributed by atoms with E-state index in [1.807, 2.05) is 41.4 Å². The number of halogens is 11. The van der Waals surface area contributed by atoms with Crippen molar-refractivity contribution in [2.24, 2.45) is 0 Å². The fourth-order valence-electron chi connectivity index (χ4n) is 4.81. The van der Waals surface area contributed by atoms with Gasteiger partial charge in [-0.15, -0.1) is 0 Å². The lowest BCUT2D eigenvalue weighted by molar-refractivity contribution is -0.193. The number of hydrogen-bond acceptors (Lipinski definition) is 10. The largest absolute Gasteiger partial charge is 0.490 e. The molecule has 6 N–H and O–H groups in total. The summed E-state index contributed by atoms with van der Waals surface area (Å²) in [7, 11) is 0. The summed E-state index contributed by atoms with van der Waals surface area (Å²) in [6.45, 7) is 2.11. The van der Waals surface area contributed by atoms with Gasteiger partial charge in [0.15, 0.2) is 5.82 Å². The molecule has 2 amide bonds. The summed E-state index contributed by atoms with van der Waals surface area (Å²) < 4.78 is 109. The highest BCUT2D eigenvalue weighted by atomic mass is 35.5. The number of urea groups is 1. The van der Waals surface area contributed by atoms with Crippen LogP contribution >= 0.6 is 11.6 Å². The minimum absolute atomic E-state index is 0.181. The first-order chi connectivity index (χ1) is 27.8. The number of amides is 2. The number of fused-ring (bicyclic) bond motifs is 6. The Kier molecular flexibility index (Phi) is 16.2. The lowest BCUT2D eigenvalue weighted by Gasteiger charge is -2.36. The van der Waals surface area contributed by atoms with Crippen LogP contribution in [-0.4, -0.2) is 104 Å². The van der Waals surface area contributed by atoms with Gasteiger partial charge in [-0.2, -0.15) is 44.5 Å². The number of anilines is 6. The third kappa shape index (κ3) is 14.9. The van der Waals surface area contributed by atoms with Crippen molar-refractivity contribution < 1.29 is 78.4 Å². The molecule has 324 valence electrons. The van der Waals surface area contributed by atoms with Gasteiger partial charge >= 0.3 is 42.5 Å². The topological polar surface area (TPSA) is 210 Å². The quantitative estimate of drug-likeness (QED) is 0.108. The molecule has 2 aromatic heterocycles. The summed E-state index contributed by atoms with van der Waals surface area (Å²) in [5, 5.41) is 31.3. The molecule has 4 aromatic rings. The number of pyridine rings is 1. The Balaban J connectivity index is 0.000000377. The average molecular weight is 887 g/mol. The number of hydrogen-bond donors (Lipinski definition) is 6. The van der Waals surface area contributed by atoms with Crippen molar-refractivity contribution in [2.75, 3.05) is 47.0 Å². The van der Waals surface area contributed by atoms with E-state index in [2.05, 4.69) is 30.9 Å². The third-order valence-corrected chi connectivity index (χ3v) is 7.85. The number of carboxylic acids is 3. The molecule has 2 aromatic carbocycles. The molecule has 2 aliphatic rings. The molecule has 0 radical (unpaired) electrons. The number of carbonyl (C=O) groups excluding carboxylic acids is 1. The van der Waals surface area contributed by atoms with Crippen LogP contribution in [0.15, 0.2) is 67.1 Å². The van der Waals surface area contributed by atoms with E-state index in [-0.39, 0.29) is 11.8 Å². The maximum absolute atomic E-state index is 14.2. The van der Waals surface area contributed by atoms with Crippen LogP contribution in [0, 0.1) is 5.82 Å². The number of benzene rings is 2. The lowest BCUT2D eigenvalue weighted by Crippen LogP contribution is -2.50.